The first-order valence-electron chi connectivity index (χ1n) is 10.4. The molecule has 0 fully saturated rings. The summed E-state index contributed by atoms with van der Waals surface area (Å²) in [7, 11) is 0. The maximum Gasteiger partial charge on any atom is 0.185 e. The molecule has 0 aliphatic rings. The van der Waals surface area contributed by atoms with Crippen molar-refractivity contribution in [2.75, 3.05) is 6.61 Å². The van der Waals surface area contributed by atoms with Crippen LogP contribution in [0.5, 0.6) is 17.2 Å². The van der Waals surface area contributed by atoms with Crippen LogP contribution in [0.1, 0.15) is 70.8 Å². The van der Waals surface area contributed by atoms with Gasteiger partial charge in [-0.2, -0.15) is 0 Å². The van der Waals surface area contributed by atoms with Gasteiger partial charge in [-0.05, 0) is 96.5 Å². The largest absolute Gasteiger partial charge is 0.494 e. The minimum atomic E-state index is -0.374. The highest BCUT2D eigenvalue weighted by Gasteiger charge is 2.17. The first-order chi connectivity index (χ1) is 14.0. The molecule has 0 N–H and O–H groups in total. The molecule has 4 heteroatoms. The molecule has 0 radical (unpaired) electrons. The Morgan fingerprint density at radius 3 is 2.03 bits per heavy atom. The number of hydrogen-bond donors (Lipinski definition) is 0. The molecule has 2 rings (SSSR count). The van der Waals surface area contributed by atoms with Crippen molar-refractivity contribution in [2.24, 2.45) is 0 Å². The zero-order valence-corrected chi connectivity index (χ0v) is 19.2. The third kappa shape index (κ3) is 7.94. The van der Waals surface area contributed by atoms with Gasteiger partial charge in [-0.1, -0.05) is 6.92 Å². The van der Waals surface area contributed by atoms with E-state index in [9.17, 15) is 4.79 Å². The third-order valence-corrected chi connectivity index (χ3v) is 3.85. The summed E-state index contributed by atoms with van der Waals surface area (Å²) in [4.78, 5) is 12.6. The van der Waals surface area contributed by atoms with Gasteiger partial charge in [-0.25, -0.2) is 0 Å². The van der Waals surface area contributed by atoms with Gasteiger partial charge in [0, 0.05) is 17.2 Å². The van der Waals surface area contributed by atoms with Crippen LogP contribution in [-0.4, -0.2) is 23.6 Å². The fourth-order valence-electron chi connectivity index (χ4n) is 2.68. The van der Waals surface area contributed by atoms with E-state index >= 15 is 0 Å². The van der Waals surface area contributed by atoms with Crippen LogP contribution < -0.4 is 14.2 Å². The lowest BCUT2D eigenvalue weighted by Crippen LogP contribution is -2.24. The number of hydrogen-bond acceptors (Lipinski definition) is 4. The van der Waals surface area contributed by atoms with Crippen molar-refractivity contribution in [1.29, 1.82) is 0 Å². The minimum absolute atomic E-state index is 0.0752. The van der Waals surface area contributed by atoms with E-state index in [4.69, 9.17) is 14.2 Å². The number of rotatable bonds is 8. The van der Waals surface area contributed by atoms with E-state index in [2.05, 4.69) is 6.92 Å². The molecule has 0 amide bonds. The smallest absolute Gasteiger partial charge is 0.185 e. The maximum atomic E-state index is 12.6. The predicted molar refractivity (Wildman–Crippen MR) is 123 cm³/mol. The van der Waals surface area contributed by atoms with Gasteiger partial charge in [0.15, 0.2) is 5.78 Å². The molecular weight excluding hydrogens is 376 g/mol. The average Bonchev–Trinajstić information content (AvgIpc) is 2.63. The minimum Gasteiger partial charge on any atom is -0.494 e. The zero-order valence-electron chi connectivity index (χ0n) is 19.2. The quantitative estimate of drug-likeness (QED) is 0.358. The standard InChI is InChI=1S/C26H34O4/c1-8-17-28-21-13-9-19(10-14-21)23(27)16-12-20-11-15-22(29-25(2,3)4)18-24(20)30-26(5,6)7/h9-16,18H,8,17H2,1-7H3/b16-12+. The lowest BCUT2D eigenvalue weighted by atomic mass is 10.1. The van der Waals surface area contributed by atoms with Gasteiger partial charge in [0.05, 0.1) is 6.61 Å². The molecule has 30 heavy (non-hydrogen) atoms. The molecule has 0 saturated carbocycles. The van der Waals surface area contributed by atoms with Crippen LogP contribution in [0.3, 0.4) is 0 Å². The van der Waals surface area contributed by atoms with Gasteiger partial charge in [0.1, 0.15) is 28.5 Å². The summed E-state index contributed by atoms with van der Waals surface area (Å²) >= 11 is 0. The summed E-state index contributed by atoms with van der Waals surface area (Å²) < 4.78 is 17.7. The normalized spacial score (nSPS) is 12.1. The number of benzene rings is 2. The molecule has 0 bridgehead atoms. The van der Waals surface area contributed by atoms with Crippen molar-refractivity contribution in [1.82, 2.24) is 0 Å². The summed E-state index contributed by atoms with van der Waals surface area (Å²) in [5, 5.41) is 0. The molecule has 0 heterocycles. The van der Waals surface area contributed by atoms with Gasteiger partial charge < -0.3 is 14.2 Å². The van der Waals surface area contributed by atoms with Crippen molar-refractivity contribution in [3.63, 3.8) is 0 Å². The number of ether oxygens (including phenoxy) is 3. The summed E-state index contributed by atoms with van der Waals surface area (Å²) in [5.74, 6) is 2.10. The number of carbonyl (C=O) groups is 1. The molecule has 2 aromatic rings. The summed E-state index contributed by atoms with van der Waals surface area (Å²) in [6, 6.07) is 12.9. The Hall–Kier alpha value is -2.75. The van der Waals surface area contributed by atoms with E-state index in [0.29, 0.717) is 17.9 Å². The van der Waals surface area contributed by atoms with Crippen LogP contribution in [0.15, 0.2) is 48.5 Å². The summed E-state index contributed by atoms with van der Waals surface area (Å²) in [6.45, 7) is 14.7. The van der Waals surface area contributed by atoms with Crippen LogP contribution in [-0.2, 0) is 0 Å². The fraction of sp³-hybridized carbons (Fsp3) is 0.423. The topological polar surface area (TPSA) is 44.8 Å². The van der Waals surface area contributed by atoms with Crippen molar-refractivity contribution in [3.8, 4) is 17.2 Å². The van der Waals surface area contributed by atoms with Crippen molar-refractivity contribution in [3.05, 3.63) is 59.7 Å². The van der Waals surface area contributed by atoms with Gasteiger partial charge in [0.25, 0.3) is 0 Å². The molecule has 2 aromatic carbocycles. The van der Waals surface area contributed by atoms with Crippen LogP contribution >= 0.6 is 0 Å². The van der Waals surface area contributed by atoms with Crippen LogP contribution in [0.4, 0.5) is 0 Å². The third-order valence-electron chi connectivity index (χ3n) is 3.85. The molecule has 0 aliphatic carbocycles. The highest BCUT2D eigenvalue weighted by Crippen LogP contribution is 2.31. The van der Waals surface area contributed by atoms with E-state index in [1.165, 1.54) is 0 Å². The molecule has 162 valence electrons. The molecule has 0 aromatic heterocycles. The van der Waals surface area contributed by atoms with Crippen LogP contribution in [0, 0.1) is 0 Å². The second kappa shape index (κ2) is 9.84. The predicted octanol–water partition coefficient (Wildman–Crippen LogP) is 6.73. The number of allylic oxidation sites excluding steroid dienone is 1. The van der Waals surface area contributed by atoms with Gasteiger partial charge in [-0.3, -0.25) is 4.79 Å². The second-order valence-electron chi connectivity index (χ2n) is 9.20. The molecule has 0 unspecified atom stereocenters. The molecule has 0 atom stereocenters. The average molecular weight is 411 g/mol. The Morgan fingerprint density at radius 1 is 0.867 bits per heavy atom. The Balaban J connectivity index is 2.22. The van der Waals surface area contributed by atoms with E-state index in [1.807, 2.05) is 71.9 Å². The summed E-state index contributed by atoms with van der Waals surface area (Å²) in [5.41, 5.74) is 0.754. The molecule has 0 saturated heterocycles. The van der Waals surface area contributed by atoms with Crippen LogP contribution in [0.25, 0.3) is 6.08 Å². The molecular formula is C26H34O4. The first kappa shape index (κ1) is 23.5. The van der Waals surface area contributed by atoms with Gasteiger partial charge >= 0.3 is 0 Å². The van der Waals surface area contributed by atoms with Gasteiger partial charge in [-0.15, -0.1) is 0 Å². The lowest BCUT2D eigenvalue weighted by Gasteiger charge is -2.25. The zero-order chi connectivity index (χ0) is 22.4. The monoisotopic (exact) mass is 410 g/mol. The Bertz CT molecular complexity index is 865. The van der Waals surface area contributed by atoms with Crippen molar-refractivity contribution < 1.29 is 19.0 Å². The van der Waals surface area contributed by atoms with Gasteiger partial charge in [0.2, 0.25) is 0 Å². The molecule has 0 aliphatic heterocycles. The highest BCUT2D eigenvalue weighted by molar-refractivity contribution is 6.07. The molecule has 4 nitrogen and oxygen atoms in total. The fourth-order valence-corrected chi connectivity index (χ4v) is 2.68. The SMILES string of the molecule is CCCOc1ccc(C(=O)/C=C/c2ccc(OC(C)(C)C)cc2OC(C)(C)C)cc1. The van der Waals surface area contributed by atoms with E-state index < -0.39 is 0 Å². The second-order valence-corrected chi connectivity index (χ2v) is 9.20. The molecule has 0 spiro atoms. The van der Waals surface area contributed by atoms with Crippen molar-refractivity contribution in [2.45, 2.75) is 66.1 Å². The number of ketones is 1. The summed E-state index contributed by atoms with van der Waals surface area (Å²) in [6.07, 6.45) is 4.30. The van der Waals surface area contributed by atoms with E-state index in [1.54, 1.807) is 24.3 Å². The Labute approximate surface area is 180 Å². The van der Waals surface area contributed by atoms with Crippen LogP contribution in [0.2, 0.25) is 0 Å². The maximum absolute atomic E-state index is 12.6. The van der Waals surface area contributed by atoms with E-state index in [-0.39, 0.29) is 17.0 Å². The van der Waals surface area contributed by atoms with E-state index in [0.717, 1.165) is 23.5 Å². The first-order valence-corrected chi connectivity index (χ1v) is 10.4. The highest BCUT2D eigenvalue weighted by atomic mass is 16.5. The lowest BCUT2D eigenvalue weighted by molar-refractivity contribution is 0.104. The number of carbonyl (C=O) groups excluding carboxylic acids is 1. The Morgan fingerprint density at radius 2 is 1.47 bits per heavy atom. The van der Waals surface area contributed by atoms with Crippen molar-refractivity contribution >= 4 is 11.9 Å². The Kier molecular flexibility index (Phi) is 7.71.